The van der Waals surface area contributed by atoms with Crippen molar-refractivity contribution in [2.45, 2.75) is 42.8 Å². The van der Waals surface area contributed by atoms with Crippen LogP contribution in [0.5, 0.6) is 0 Å². The lowest BCUT2D eigenvalue weighted by Crippen LogP contribution is -2.50. The van der Waals surface area contributed by atoms with E-state index in [1.54, 1.807) is 11.9 Å². The maximum absolute atomic E-state index is 12.7. The number of benzene rings is 1. The van der Waals surface area contributed by atoms with Crippen LogP contribution in [0, 0.1) is 11.3 Å². The van der Waals surface area contributed by atoms with Crippen LogP contribution in [-0.2, 0) is 11.8 Å². The normalized spacial score (nSPS) is 16.0. The van der Waals surface area contributed by atoms with Crippen molar-refractivity contribution in [3.8, 4) is 17.3 Å². The molecular weight excluding hydrogens is 344 g/mol. The van der Waals surface area contributed by atoms with Crippen molar-refractivity contribution in [1.29, 1.82) is 5.26 Å². The van der Waals surface area contributed by atoms with Gasteiger partial charge in [0, 0.05) is 14.1 Å². The van der Waals surface area contributed by atoms with Crippen LogP contribution in [0.4, 0.5) is 0 Å². The van der Waals surface area contributed by atoms with E-state index in [2.05, 4.69) is 11.1 Å². The predicted octanol–water partition coefficient (Wildman–Crippen LogP) is 3.86. The van der Waals surface area contributed by atoms with Gasteiger partial charge in [0.25, 0.3) is 0 Å². The van der Waals surface area contributed by atoms with E-state index in [0.29, 0.717) is 5.75 Å². The molecule has 2 aromatic rings. The average molecular weight is 369 g/mol. The maximum atomic E-state index is 12.7. The van der Waals surface area contributed by atoms with Gasteiger partial charge in [0.05, 0.1) is 23.7 Å². The number of thioether (sulfide) groups is 1. The highest BCUT2D eigenvalue weighted by molar-refractivity contribution is 7.99. The zero-order valence-electron chi connectivity index (χ0n) is 15.3. The number of amides is 1. The summed E-state index contributed by atoms with van der Waals surface area (Å²) in [5.74, 6) is 0.279. The summed E-state index contributed by atoms with van der Waals surface area (Å²) in [4.78, 5) is 18.8. The number of imidazole rings is 1. The Morgan fingerprint density at radius 3 is 2.65 bits per heavy atom. The van der Waals surface area contributed by atoms with Crippen molar-refractivity contribution in [2.75, 3.05) is 12.8 Å². The Morgan fingerprint density at radius 2 is 2.00 bits per heavy atom. The van der Waals surface area contributed by atoms with Gasteiger partial charge in [-0.15, -0.1) is 0 Å². The van der Waals surface area contributed by atoms with Gasteiger partial charge in [0.1, 0.15) is 5.54 Å². The Bertz CT molecular complexity index is 803. The number of carbonyl (C=O) groups excluding carboxylic acids is 1. The summed E-state index contributed by atoms with van der Waals surface area (Å²) in [5, 5.41) is 10.5. The molecule has 1 aromatic heterocycles. The van der Waals surface area contributed by atoms with E-state index >= 15 is 0 Å². The highest BCUT2D eigenvalue weighted by atomic mass is 32.2. The second-order valence-corrected chi connectivity index (χ2v) is 7.74. The lowest BCUT2D eigenvalue weighted by atomic mass is 9.81. The number of aromatic nitrogens is 2. The number of nitriles is 1. The molecule has 6 heteroatoms. The van der Waals surface area contributed by atoms with Crippen LogP contribution in [0.15, 0.2) is 41.7 Å². The Kier molecular flexibility index (Phi) is 5.67. The molecule has 0 unspecified atom stereocenters. The third-order valence-corrected chi connectivity index (χ3v) is 6.27. The van der Waals surface area contributed by atoms with E-state index in [4.69, 9.17) is 0 Å². The first-order chi connectivity index (χ1) is 12.6. The number of carbonyl (C=O) groups is 1. The van der Waals surface area contributed by atoms with Crippen LogP contribution in [0.2, 0.25) is 0 Å². The Hall–Kier alpha value is -2.26. The third-order valence-electron chi connectivity index (χ3n) is 5.24. The van der Waals surface area contributed by atoms with Crippen LogP contribution >= 0.6 is 11.8 Å². The van der Waals surface area contributed by atoms with Gasteiger partial charge in [-0.2, -0.15) is 5.26 Å². The molecule has 1 heterocycles. The van der Waals surface area contributed by atoms with Gasteiger partial charge in [0.15, 0.2) is 5.16 Å². The van der Waals surface area contributed by atoms with Gasteiger partial charge >= 0.3 is 0 Å². The summed E-state index contributed by atoms with van der Waals surface area (Å²) in [6, 6.07) is 12.5. The predicted molar refractivity (Wildman–Crippen MR) is 104 cm³/mol. The van der Waals surface area contributed by atoms with Gasteiger partial charge in [0.2, 0.25) is 5.91 Å². The summed E-state index contributed by atoms with van der Waals surface area (Å²) < 4.78 is 2.01. The molecule has 0 bridgehead atoms. The molecule has 0 atom stereocenters. The van der Waals surface area contributed by atoms with E-state index in [9.17, 15) is 10.1 Å². The third kappa shape index (κ3) is 3.63. The summed E-state index contributed by atoms with van der Waals surface area (Å²) in [5.41, 5.74) is 1.49. The minimum absolute atomic E-state index is 0.0114. The van der Waals surface area contributed by atoms with Crippen molar-refractivity contribution in [2.24, 2.45) is 7.05 Å². The standard InChI is InChI=1S/C20H24N4OS/c1-23-17(16-9-5-3-6-10-16)13-22-19(23)26-14-18(25)24(2)20(15-21)11-7-4-8-12-20/h3,5-6,9-10,13H,4,7-8,11-12,14H2,1-2H3. The zero-order valence-corrected chi connectivity index (χ0v) is 16.1. The molecule has 5 nitrogen and oxygen atoms in total. The summed E-state index contributed by atoms with van der Waals surface area (Å²) >= 11 is 1.42. The van der Waals surface area contributed by atoms with Crippen LogP contribution in [0.3, 0.4) is 0 Å². The molecule has 1 fully saturated rings. The SMILES string of the molecule is CN(C(=O)CSc1ncc(-c2ccccc2)n1C)C1(C#N)CCCCC1. The molecule has 136 valence electrons. The molecule has 1 amide bonds. The van der Waals surface area contributed by atoms with Gasteiger partial charge < -0.3 is 9.47 Å². The maximum Gasteiger partial charge on any atom is 0.234 e. The molecule has 0 N–H and O–H groups in total. The fraction of sp³-hybridized carbons (Fsp3) is 0.450. The Morgan fingerprint density at radius 1 is 1.31 bits per heavy atom. The smallest absolute Gasteiger partial charge is 0.234 e. The molecule has 0 spiro atoms. The van der Waals surface area contributed by atoms with E-state index in [1.807, 2.05) is 48.1 Å². The van der Waals surface area contributed by atoms with E-state index in [0.717, 1.165) is 48.5 Å². The number of rotatable bonds is 5. The van der Waals surface area contributed by atoms with E-state index < -0.39 is 5.54 Å². The minimum atomic E-state index is -0.632. The highest BCUT2D eigenvalue weighted by Gasteiger charge is 2.38. The molecule has 1 aliphatic rings. The molecule has 26 heavy (non-hydrogen) atoms. The molecule has 1 aliphatic carbocycles. The molecule has 0 radical (unpaired) electrons. The average Bonchev–Trinajstić information content (AvgIpc) is 3.07. The van der Waals surface area contributed by atoms with Gasteiger partial charge in [-0.1, -0.05) is 61.4 Å². The molecule has 3 rings (SSSR count). The van der Waals surface area contributed by atoms with Gasteiger partial charge in [-0.05, 0) is 18.4 Å². The first-order valence-electron chi connectivity index (χ1n) is 8.95. The Balaban J connectivity index is 1.67. The molecule has 1 aromatic carbocycles. The fourth-order valence-corrected chi connectivity index (χ4v) is 4.39. The first-order valence-corrected chi connectivity index (χ1v) is 9.94. The van der Waals surface area contributed by atoms with Crippen molar-refractivity contribution in [1.82, 2.24) is 14.5 Å². The van der Waals surface area contributed by atoms with Crippen molar-refractivity contribution < 1.29 is 4.79 Å². The molecule has 0 saturated heterocycles. The fourth-order valence-electron chi connectivity index (χ4n) is 3.52. The summed E-state index contributed by atoms with van der Waals surface area (Å²) in [6.07, 6.45) is 6.56. The van der Waals surface area contributed by atoms with Crippen LogP contribution in [0.25, 0.3) is 11.3 Å². The zero-order chi connectivity index (χ0) is 18.6. The van der Waals surface area contributed by atoms with Crippen molar-refractivity contribution >= 4 is 17.7 Å². The van der Waals surface area contributed by atoms with Crippen LogP contribution in [-0.4, -0.2) is 38.7 Å². The van der Waals surface area contributed by atoms with Crippen LogP contribution in [0.1, 0.15) is 32.1 Å². The Labute approximate surface area is 159 Å². The van der Waals surface area contributed by atoms with E-state index in [-0.39, 0.29) is 5.91 Å². The number of hydrogen-bond donors (Lipinski definition) is 0. The minimum Gasteiger partial charge on any atom is -0.326 e. The largest absolute Gasteiger partial charge is 0.326 e. The molecule has 1 saturated carbocycles. The van der Waals surface area contributed by atoms with Crippen molar-refractivity contribution in [3.63, 3.8) is 0 Å². The first kappa shape index (κ1) is 18.5. The van der Waals surface area contributed by atoms with Crippen molar-refractivity contribution in [3.05, 3.63) is 36.5 Å². The van der Waals surface area contributed by atoms with Crippen LogP contribution < -0.4 is 0 Å². The summed E-state index contributed by atoms with van der Waals surface area (Å²) in [6.45, 7) is 0. The van der Waals surface area contributed by atoms with Gasteiger partial charge in [-0.3, -0.25) is 4.79 Å². The topological polar surface area (TPSA) is 61.9 Å². The monoisotopic (exact) mass is 368 g/mol. The second-order valence-electron chi connectivity index (χ2n) is 6.80. The summed E-state index contributed by atoms with van der Waals surface area (Å²) in [7, 11) is 3.73. The lowest BCUT2D eigenvalue weighted by molar-refractivity contribution is -0.131. The second kappa shape index (κ2) is 7.96. The molecule has 0 aliphatic heterocycles. The number of nitrogens with zero attached hydrogens (tertiary/aromatic N) is 4. The lowest BCUT2D eigenvalue weighted by Gasteiger charge is -2.39. The highest BCUT2D eigenvalue weighted by Crippen LogP contribution is 2.33. The quantitative estimate of drug-likeness (QED) is 0.752. The molecular formula is C20H24N4OS. The van der Waals surface area contributed by atoms with Gasteiger partial charge in [-0.25, -0.2) is 4.98 Å². The number of hydrogen-bond acceptors (Lipinski definition) is 4. The van der Waals surface area contributed by atoms with E-state index in [1.165, 1.54) is 11.8 Å².